The minimum atomic E-state index is -0.469. The third-order valence-electron chi connectivity index (χ3n) is 3.70. The van der Waals surface area contributed by atoms with Crippen molar-refractivity contribution in [2.75, 3.05) is 13.2 Å². The molecule has 0 radical (unpaired) electrons. The van der Waals surface area contributed by atoms with Crippen molar-refractivity contribution in [1.29, 1.82) is 0 Å². The van der Waals surface area contributed by atoms with Gasteiger partial charge in [0.15, 0.2) is 5.79 Å². The first kappa shape index (κ1) is 15.6. The summed E-state index contributed by atoms with van der Waals surface area (Å²) in [6.07, 6.45) is 5.69. The molecular weight excluding hydrogens is 258 g/mol. The van der Waals surface area contributed by atoms with Crippen LogP contribution in [0.15, 0.2) is 0 Å². The van der Waals surface area contributed by atoms with E-state index < -0.39 is 11.4 Å². The molecule has 2 saturated heterocycles. The molecule has 2 rings (SSSR count). The molecule has 0 aromatic rings. The van der Waals surface area contributed by atoms with Gasteiger partial charge in [-0.25, -0.2) is 4.79 Å². The van der Waals surface area contributed by atoms with E-state index in [0.29, 0.717) is 6.61 Å². The van der Waals surface area contributed by atoms with Crippen LogP contribution in [0.1, 0.15) is 59.3 Å². The molecule has 2 aliphatic rings. The Morgan fingerprint density at radius 3 is 2.60 bits per heavy atom. The molecule has 0 bridgehead atoms. The van der Waals surface area contributed by atoms with E-state index in [0.717, 1.165) is 45.1 Å². The highest BCUT2D eigenvalue weighted by atomic mass is 16.7. The molecule has 1 amide bonds. The minimum Gasteiger partial charge on any atom is -0.444 e. The van der Waals surface area contributed by atoms with Gasteiger partial charge in [-0.2, -0.15) is 0 Å². The number of hydrogen-bond acceptors (Lipinski definition) is 4. The van der Waals surface area contributed by atoms with Crippen LogP contribution in [0.3, 0.4) is 0 Å². The van der Waals surface area contributed by atoms with Gasteiger partial charge in [0, 0.05) is 12.8 Å². The molecule has 2 aliphatic heterocycles. The smallest absolute Gasteiger partial charge is 0.407 e. The lowest BCUT2D eigenvalue weighted by molar-refractivity contribution is -0.256. The van der Waals surface area contributed by atoms with Crippen molar-refractivity contribution in [3.05, 3.63) is 0 Å². The van der Waals surface area contributed by atoms with E-state index in [-0.39, 0.29) is 12.1 Å². The van der Waals surface area contributed by atoms with Crippen molar-refractivity contribution >= 4 is 6.09 Å². The summed E-state index contributed by atoms with van der Waals surface area (Å²) >= 11 is 0. The minimum absolute atomic E-state index is 0.00903. The lowest BCUT2D eigenvalue weighted by atomic mass is 10.00. The molecule has 0 saturated carbocycles. The summed E-state index contributed by atoms with van der Waals surface area (Å²) in [5.74, 6) is -0.400. The maximum absolute atomic E-state index is 11.8. The van der Waals surface area contributed by atoms with Gasteiger partial charge in [-0.15, -0.1) is 0 Å². The molecule has 0 unspecified atom stereocenters. The number of amides is 1. The summed E-state index contributed by atoms with van der Waals surface area (Å²) in [6.45, 7) is 6.87. The zero-order valence-electron chi connectivity index (χ0n) is 12.9. The monoisotopic (exact) mass is 285 g/mol. The van der Waals surface area contributed by atoms with Crippen molar-refractivity contribution in [1.82, 2.24) is 5.32 Å². The van der Waals surface area contributed by atoms with Crippen LogP contribution in [0.2, 0.25) is 0 Å². The van der Waals surface area contributed by atoms with Gasteiger partial charge in [-0.1, -0.05) is 0 Å². The van der Waals surface area contributed by atoms with Gasteiger partial charge >= 0.3 is 6.09 Å². The number of carbonyl (C=O) groups excluding carboxylic acids is 1. The lowest BCUT2D eigenvalue weighted by Crippen LogP contribution is -2.43. The van der Waals surface area contributed by atoms with E-state index in [2.05, 4.69) is 5.32 Å². The molecule has 116 valence electrons. The molecule has 2 fully saturated rings. The molecule has 2 atom stereocenters. The Morgan fingerprint density at radius 2 is 1.95 bits per heavy atom. The molecule has 0 aliphatic carbocycles. The Labute approximate surface area is 121 Å². The average Bonchev–Trinajstić information content (AvgIpc) is 2.52. The van der Waals surface area contributed by atoms with Crippen molar-refractivity contribution < 1.29 is 19.0 Å². The highest BCUT2D eigenvalue weighted by Gasteiger charge is 2.37. The van der Waals surface area contributed by atoms with Crippen LogP contribution >= 0.6 is 0 Å². The third kappa shape index (κ3) is 4.63. The van der Waals surface area contributed by atoms with E-state index in [1.807, 2.05) is 20.8 Å². The predicted molar refractivity (Wildman–Crippen MR) is 75.5 cm³/mol. The first-order chi connectivity index (χ1) is 9.39. The molecule has 0 aromatic heterocycles. The Kier molecular flexibility index (Phi) is 4.91. The first-order valence-corrected chi connectivity index (χ1v) is 7.66. The normalized spacial score (nSPS) is 31.6. The summed E-state index contributed by atoms with van der Waals surface area (Å²) in [5, 5.41) is 2.90. The van der Waals surface area contributed by atoms with Crippen molar-refractivity contribution in [3.63, 3.8) is 0 Å². The van der Waals surface area contributed by atoms with Crippen LogP contribution in [0.5, 0.6) is 0 Å². The van der Waals surface area contributed by atoms with E-state index in [4.69, 9.17) is 14.2 Å². The highest BCUT2D eigenvalue weighted by Crippen LogP contribution is 2.33. The summed E-state index contributed by atoms with van der Waals surface area (Å²) in [5.41, 5.74) is -0.469. The number of carbonyl (C=O) groups is 1. The van der Waals surface area contributed by atoms with Gasteiger partial charge in [0.2, 0.25) is 0 Å². The number of nitrogens with one attached hydrogen (secondary N) is 1. The fourth-order valence-electron chi connectivity index (χ4n) is 2.75. The topological polar surface area (TPSA) is 56.8 Å². The quantitative estimate of drug-likeness (QED) is 0.804. The van der Waals surface area contributed by atoms with Gasteiger partial charge < -0.3 is 19.5 Å². The molecule has 20 heavy (non-hydrogen) atoms. The van der Waals surface area contributed by atoms with E-state index in [1.165, 1.54) is 0 Å². The lowest BCUT2D eigenvalue weighted by Gasteiger charge is -2.36. The number of alkyl carbamates (subject to hydrolysis) is 1. The summed E-state index contributed by atoms with van der Waals surface area (Å²) in [6, 6.07) is 0.00903. The highest BCUT2D eigenvalue weighted by molar-refractivity contribution is 5.68. The number of rotatable bonds is 1. The van der Waals surface area contributed by atoms with Gasteiger partial charge in [0.25, 0.3) is 0 Å². The zero-order chi connectivity index (χ0) is 14.6. The third-order valence-corrected chi connectivity index (χ3v) is 3.70. The Bertz CT molecular complexity index is 331. The van der Waals surface area contributed by atoms with Gasteiger partial charge in [0.1, 0.15) is 5.60 Å². The van der Waals surface area contributed by atoms with Gasteiger partial charge in [0.05, 0.1) is 19.3 Å². The van der Waals surface area contributed by atoms with Crippen LogP contribution in [0, 0.1) is 0 Å². The van der Waals surface area contributed by atoms with Crippen molar-refractivity contribution in [2.45, 2.75) is 76.7 Å². The molecule has 5 nitrogen and oxygen atoms in total. The van der Waals surface area contributed by atoms with Gasteiger partial charge in [-0.3, -0.25) is 0 Å². The van der Waals surface area contributed by atoms with Crippen LogP contribution in [-0.2, 0) is 14.2 Å². The first-order valence-electron chi connectivity index (χ1n) is 7.66. The van der Waals surface area contributed by atoms with Crippen LogP contribution in [-0.4, -0.2) is 36.7 Å². The Hall–Kier alpha value is -0.810. The molecular formula is C15H27NO4. The molecule has 1 spiro atoms. The Balaban J connectivity index is 1.82. The van der Waals surface area contributed by atoms with Gasteiger partial charge in [-0.05, 0) is 46.5 Å². The maximum atomic E-state index is 11.8. The number of hydrogen-bond donors (Lipinski definition) is 1. The summed E-state index contributed by atoms with van der Waals surface area (Å²) in [4.78, 5) is 11.8. The number of ether oxygens (including phenoxy) is 3. The Morgan fingerprint density at radius 1 is 1.20 bits per heavy atom. The van der Waals surface area contributed by atoms with Crippen LogP contribution in [0.25, 0.3) is 0 Å². The van der Waals surface area contributed by atoms with Crippen molar-refractivity contribution in [3.8, 4) is 0 Å². The van der Waals surface area contributed by atoms with Crippen LogP contribution in [0.4, 0.5) is 4.79 Å². The summed E-state index contributed by atoms with van der Waals surface area (Å²) in [7, 11) is 0. The maximum Gasteiger partial charge on any atom is 0.407 e. The SMILES string of the molecule is CC(C)(C)OC(=O)N[C@H]1CCC[C@@]2(CCCCO2)OC1. The molecule has 2 heterocycles. The second-order valence-corrected chi connectivity index (χ2v) is 6.76. The predicted octanol–water partition coefficient (Wildman–Crippen LogP) is 2.98. The molecule has 0 aromatic carbocycles. The van der Waals surface area contributed by atoms with Crippen molar-refractivity contribution in [2.24, 2.45) is 0 Å². The summed E-state index contributed by atoms with van der Waals surface area (Å²) < 4.78 is 17.1. The molecule has 1 N–H and O–H groups in total. The van der Waals surface area contributed by atoms with E-state index in [1.54, 1.807) is 0 Å². The second-order valence-electron chi connectivity index (χ2n) is 6.76. The fourth-order valence-corrected chi connectivity index (χ4v) is 2.75. The zero-order valence-corrected chi connectivity index (χ0v) is 12.9. The second kappa shape index (κ2) is 6.31. The van der Waals surface area contributed by atoms with E-state index >= 15 is 0 Å². The average molecular weight is 285 g/mol. The largest absolute Gasteiger partial charge is 0.444 e. The fraction of sp³-hybridized carbons (Fsp3) is 0.933. The van der Waals surface area contributed by atoms with Crippen LogP contribution < -0.4 is 5.32 Å². The molecule has 5 heteroatoms. The van der Waals surface area contributed by atoms with E-state index in [9.17, 15) is 4.79 Å². The standard InChI is InChI=1S/C15H27NO4/c1-14(2,3)20-13(17)16-12-7-6-9-15(19-11-12)8-4-5-10-18-15/h12H,4-11H2,1-3H3,(H,16,17)/t12-,15+/m0/s1.